The van der Waals surface area contributed by atoms with Crippen LogP contribution in [0.15, 0.2) is 18.2 Å². The van der Waals surface area contributed by atoms with Crippen LogP contribution in [0.2, 0.25) is 0 Å². The van der Waals surface area contributed by atoms with Crippen LogP contribution in [0.5, 0.6) is 0 Å². The highest BCUT2D eigenvalue weighted by Crippen LogP contribution is 2.08. The van der Waals surface area contributed by atoms with Crippen LogP contribution in [0.25, 0.3) is 0 Å². The van der Waals surface area contributed by atoms with Gasteiger partial charge in [0.05, 0.1) is 0 Å². The zero-order valence-electron chi connectivity index (χ0n) is 11.5. The fraction of sp³-hybridized carbons (Fsp3) is 0.500. The molecule has 1 atom stereocenters. The molecule has 0 bridgehead atoms. The molecule has 0 aromatic carbocycles. The maximum Gasteiger partial charge on any atom is 0.354 e. The quantitative estimate of drug-likeness (QED) is 0.839. The molecule has 0 saturated carbocycles. The number of hydrogen-bond acceptors (Lipinski definition) is 4. The SMILES string of the molecule is CC(CN1CCCC1)NC(=O)c1cccc(C(=O)O)n1. The third-order valence-electron chi connectivity index (χ3n) is 3.31. The Morgan fingerprint density at radius 3 is 2.65 bits per heavy atom. The first kappa shape index (κ1) is 14.5. The van der Waals surface area contributed by atoms with Gasteiger partial charge in [-0.3, -0.25) is 4.79 Å². The lowest BCUT2D eigenvalue weighted by Gasteiger charge is -2.21. The molecule has 0 aliphatic carbocycles. The standard InChI is InChI=1S/C14H19N3O3/c1-10(9-17-7-2-3-8-17)15-13(18)11-5-4-6-12(16-11)14(19)20/h4-6,10H,2-3,7-9H2,1H3,(H,15,18)(H,19,20). The van der Waals surface area contributed by atoms with Crippen LogP contribution >= 0.6 is 0 Å². The van der Waals surface area contributed by atoms with E-state index in [2.05, 4.69) is 15.2 Å². The summed E-state index contributed by atoms with van der Waals surface area (Å²) in [5.74, 6) is -1.47. The molecule has 1 amide bonds. The molecule has 2 rings (SSSR count). The highest BCUT2D eigenvalue weighted by Gasteiger charge is 2.17. The zero-order valence-corrected chi connectivity index (χ0v) is 11.5. The predicted molar refractivity (Wildman–Crippen MR) is 73.8 cm³/mol. The molecule has 6 heteroatoms. The number of nitrogens with zero attached hydrogens (tertiary/aromatic N) is 2. The monoisotopic (exact) mass is 277 g/mol. The van der Waals surface area contributed by atoms with Crippen molar-refractivity contribution >= 4 is 11.9 Å². The topological polar surface area (TPSA) is 82.5 Å². The summed E-state index contributed by atoms with van der Waals surface area (Å²) < 4.78 is 0. The maximum atomic E-state index is 12.0. The molecule has 1 fully saturated rings. The number of amides is 1. The minimum atomic E-state index is -1.13. The first-order valence-corrected chi connectivity index (χ1v) is 6.80. The van der Waals surface area contributed by atoms with Crippen molar-refractivity contribution < 1.29 is 14.7 Å². The Balaban J connectivity index is 1.93. The fourth-order valence-corrected chi connectivity index (χ4v) is 2.38. The number of likely N-dealkylation sites (tertiary alicyclic amines) is 1. The fourth-order valence-electron chi connectivity index (χ4n) is 2.38. The van der Waals surface area contributed by atoms with Crippen molar-refractivity contribution in [3.8, 4) is 0 Å². The van der Waals surface area contributed by atoms with Gasteiger partial charge in [0.25, 0.3) is 5.91 Å². The zero-order chi connectivity index (χ0) is 14.5. The lowest BCUT2D eigenvalue weighted by Crippen LogP contribution is -2.41. The minimum Gasteiger partial charge on any atom is -0.477 e. The molecular formula is C14H19N3O3. The van der Waals surface area contributed by atoms with Crippen LogP contribution in [0.1, 0.15) is 40.7 Å². The van der Waals surface area contributed by atoms with E-state index in [0.29, 0.717) is 0 Å². The molecule has 1 aromatic heterocycles. The van der Waals surface area contributed by atoms with Gasteiger partial charge in [-0.05, 0) is 45.0 Å². The lowest BCUT2D eigenvalue weighted by molar-refractivity contribution is 0.0690. The predicted octanol–water partition coefficient (Wildman–Crippen LogP) is 0.994. The van der Waals surface area contributed by atoms with Crippen molar-refractivity contribution in [2.24, 2.45) is 0 Å². The van der Waals surface area contributed by atoms with Gasteiger partial charge in [-0.25, -0.2) is 9.78 Å². The molecule has 1 aliphatic rings. The number of aromatic carboxylic acids is 1. The second-order valence-electron chi connectivity index (χ2n) is 5.10. The largest absolute Gasteiger partial charge is 0.477 e. The smallest absolute Gasteiger partial charge is 0.354 e. The molecule has 1 aliphatic heterocycles. The Labute approximate surface area is 117 Å². The van der Waals surface area contributed by atoms with E-state index in [1.54, 1.807) is 0 Å². The summed E-state index contributed by atoms with van der Waals surface area (Å²) in [4.78, 5) is 29.0. The normalized spacial score (nSPS) is 16.9. The Hall–Kier alpha value is -1.95. The Bertz CT molecular complexity index is 498. The second-order valence-corrected chi connectivity index (χ2v) is 5.10. The van der Waals surface area contributed by atoms with Crippen LogP contribution in [-0.4, -0.2) is 52.5 Å². The van der Waals surface area contributed by atoms with E-state index < -0.39 is 5.97 Å². The Morgan fingerprint density at radius 1 is 1.35 bits per heavy atom. The average molecular weight is 277 g/mol. The van der Waals surface area contributed by atoms with E-state index in [0.717, 1.165) is 19.6 Å². The summed E-state index contributed by atoms with van der Waals surface area (Å²) in [5.41, 5.74) is 0.0167. The Morgan fingerprint density at radius 2 is 2.00 bits per heavy atom. The molecule has 2 N–H and O–H groups in total. The molecule has 1 unspecified atom stereocenters. The van der Waals surface area contributed by atoms with Gasteiger partial charge in [-0.15, -0.1) is 0 Å². The van der Waals surface area contributed by atoms with E-state index in [1.165, 1.54) is 31.0 Å². The molecule has 0 radical (unpaired) electrons. The first-order chi connectivity index (χ1) is 9.56. The highest BCUT2D eigenvalue weighted by atomic mass is 16.4. The van der Waals surface area contributed by atoms with E-state index in [-0.39, 0.29) is 23.3 Å². The van der Waals surface area contributed by atoms with Crippen LogP contribution in [0, 0.1) is 0 Å². The number of carboxylic acids is 1. The van der Waals surface area contributed by atoms with Gasteiger partial charge in [-0.1, -0.05) is 6.07 Å². The summed E-state index contributed by atoms with van der Waals surface area (Å²) >= 11 is 0. The van der Waals surface area contributed by atoms with Crippen LogP contribution in [0.4, 0.5) is 0 Å². The molecule has 20 heavy (non-hydrogen) atoms. The molecule has 1 saturated heterocycles. The van der Waals surface area contributed by atoms with Gasteiger partial charge in [0, 0.05) is 12.6 Å². The average Bonchev–Trinajstić information content (AvgIpc) is 2.91. The number of carbonyl (C=O) groups is 2. The molecule has 108 valence electrons. The molecule has 2 heterocycles. The first-order valence-electron chi connectivity index (χ1n) is 6.80. The van der Waals surface area contributed by atoms with Gasteiger partial charge in [-0.2, -0.15) is 0 Å². The van der Waals surface area contributed by atoms with Crippen molar-refractivity contribution in [1.29, 1.82) is 0 Å². The summed E-state index contributed by atoms with van der Waals surface area (Å²) in [6.45, 7) is 4.90. The van der Waals surface area contributed by atoms with Crippen molar-refractivity contribution in [3.05, 3.63) is 29.6 Å². The van der Waals surface area contributed by atoms with Crippen molar-refractivity contribution in [2.75, 3.05) is 19.6 Å². The van der Waals surface area contributed by atoms with E-state index in [1.807, 2.05) is 6.92 Å². The molecule has 6 nitrogen and oxygen atoms in total. The molecule has 1 aromatic rings. The van der Waals surface area contributed by atoms with E-state index in [4.69, 9.17) is 5.11 Å². The van der Waals surface area contributed by atoms with E-state index >= 15 is 0 Å². The summed E-state index contributed by atoms with van der Waals surface area (Å²) in [6.07, 6.45) is 2.42. The lowest BCUT2D eigenvalue weighted by atomic mass is 10.2. The van der Waals surface area contributed by atoms with Crippen LogP contribution < -0.4 is 5.32 Å². The number of hydrogen-bond donors (Lipinski definition) is 2. The van der Waals surface area contributed by atoms with Crippen molar-refractivity contribution in [3.63, 3.8) is 0 Å². The van der Waals surface area contributed by atoms with E-state index in [9.17, 15) is 9.59 Å². The van der Waals surface area contributed by atoms with Crippen LogP contribution in [-0.2, 0) is 0 Å². The van der Waals surface area contributed by atoms with Gasteiger partial charge in [0.1, 0.15) is 11.4 Å². The summed E-state index contributed by atoms with van der Waals surface area (Å²) in [7, 11) is 0. The molecule has 0 spiro atoms. The van der Waals surface area contributed by atoms with Gasteiger partial charge < -0.3 is 15.3 Å². The van der Waals surface area contributed by atoms with Crippen LogP contribution in [0.3, 0.4) is 0 Å². The number of rotatable bonds is 5. The third-order valence-corrected chi connectivity index (χ3v) is 3.31. The van der Waals surface area contributed by atoms with Crippen molar-refractivity contribution in [2.45, 2.75) is 25.8 Å². The highest BCUT2D eigenvalue weighted by molar-refractivity contribution is 5.94. The molecular weight excluding hydrogens is 258 g/mol. The van der Waals surface area contributed by atoms with Gasteiger partial charge in [0.15, 0.2) is 0 Å². The van der Waals surface area contributed by atoms with Crippen molar-refractivity contribution in [1.82, 2.24) is 15.2 Å². The number of pyridine rings is 1. The van der Waals surface area contributed by atoms with Gasteiger partial charge in [0.2, 0.25) is 0 Å². The second kappa shape index (κ2) is 6.47. The summed E-state index contributed by atoms with van der Waals surface area (Å²) in [6, 6.07) is 4.42. The third kappa shape index (κ3) is 3.77. The minimum absolute atomic E-state index is 0.0101. The number of carbonyl (C=O) groups excluding carboxylic acids is 1. The number of nitrogens with one attached hydrogen (secondary N) is 1. The maximum absolute atomic E-state index is 12.0. The Kier molecular flexibility index (Phi) is 4.68. The number of carboxylic acid groups (broad SMARTS) is 1. The summed E-state index contributed by atoms with van der Waals surface area (Å²) in [5, 5.41) is 11.7. The number of aromatic nitrogens is 1. The van der Waals surface area contributed by atoms with Gasteiger partial charge >= 0.3 is 5.97 Å².